The molecule has 1 N–H and O–H groups in total. The maximum atomic E-state index is 12.9. The number of halogens is 1. The predicted molar refractivity (Wildman–Crippen MR) is 120 cm³/mol. The van der Waals surface area contributed by atoms with Gasteiger partial charge >= 0.3 is 0 Å². The molecule has 0 spiro atoms. The van der Waals surface area contributed by atoms with Gasteiger partial charge in [-0.25, -0.2) is 4.98 Å². The first-order valence-corrected chi connectivity index (χ1v) is 10.9. The first-order chi connectivity index (χ1) is 15.0. The number of ether oxygens (including phenoxy) is 3. The van der Waals surface area contributed by atoms with Crippen molar-refractivity contribution in [3.63, 3.8) is 0 Å². The number of methoxy groups -OCH3 is 1. The van der Waals surface area contributed by atoms with E-state index in [0.29, 0.717) is 64.6 Å². The van der Waals surface area contributed by atoms with Crippen molar-refractivity contribution in [2.75, 3.05) is 38.0 Å². The topological polar surface area (TPSA) is 91.7 Å². The number of nitrogens with one attached hydrogen (secondary N) is 1. The SMILES string of the molecule is COCCn1c(SCC(=O)Nc2ccc3c(c2)OCCO3)nc2cc(Cl)ccc2c1=O. The van der Waals surface area contributed by atoms with Crippen LogP contribution in [0.1, 0.15) is 0 Å². The van der Waals surface area contributed by atoms with Crippen LogP contribution in [0.2, 0.25) is 5.02 Å². The molecule has 0 aliphatic carbocycles. The van der Waals surface area contributed by atoms with Gasteiger partial charge in [-0.3, -0.25) is 14.2 Å². The molecule has 1 aromatic heterocycles. The molecule has 2 heterocycles. The number of fused-ring (bicyclic) bond motifs is 2. The largest absolute Gasteiger partial charge is 0.486 e. The Morgan fingerprint density at radius 2 is 2.03 bits per heavy atom. The molecule has 162 valence electrons. The Labute approximate surface area is 187 Å². The van der Waals surface area contributed by atoms with Gasteiger partial charge in [0.05, 0.1) is 29.8 Å². The molecule has 1 amide bonds. The lowest BCUT2D eigenvalue weighted by atomic mass is 10.2. The third kappa shape index (κ3) is 4.95. The van der Waals surface area contributed by atoms with Gasteiger partial charge in [0.1, 0.15) is 13.2 Å². The highest BCUT2D eigenvalue weighted by Gasteiger charge is 2.15. The highest BCUT2D eigenvalue weighted by atomic mass is 35.5. The predicted octanol–water partition coefficient (Wildman–Crippen LogP) is 3.20. The Balaban J connectivity index is 1.52. The number of nitrogens with zero attached hydrogens (tertiary/aromatic N) is 2. The van der Waals surface area contributed by atoms with E-state index in [2.05, 4.69) is 10.3 Å². The van der Waals surface area contributed by atoms with Gasteiger partial charge in [0.25, 0.3) is 5.56 Å². The first-order valence-electron chi connectivity index (χ1n) is 9.56. The molecule has 10 heteroatoms. The zero-order chi connectivity index (χ0) is 21.8. The number of thioether (sulfide) groups is 1. The molecule has 1 aliphatic rings. The van der Waals surface area contributed by atoms with Crippen LogP contribution in [0, 0.1) is 0 Å². The van der Waals surface area contributed by atoms with Gasteiger partial charge in [-0.15, -0.1) is 0 Å². The van der Waals surface area contributed by atoms with Crippen LogP contribution < -0.4 is 20.3 Å². The lowest BCUT2D eigenvalue weighted by molar-refractivity contribution is -0.113. The summed E-state index contributed by atoms with van der Waals surface area (Å²) in [5, 5.41) is 4.21. The van der Waals surface area contributed by atoms with Crippen molar-refractivity contribution in [2.45, 2.75) is 11.7 Å². The second-order valence-corrected chi connectivity index (χ2v) is 8.08. The zero-order valence-electron chi connectivity index (χ0n) is 16.7. The van der Waals surface area contributed by atoms with Crippen LogP contribution >= 0.6 is 23.4 Å². The number of hydrogen-bond acceptors (Lipinski definition) is 7. The number of carbonyl (C=O) groups is 1. The lowest BCUT2D eigenvalue weighted by Crippen LogP contribution is -2.26. The fourth-order valence-electron chi connectivity index (χ4n) is 3.11. The van der Waals surface area contributed by atoms with Gasteiger partial charge in [0.2, 0.25) is 5.91 Å². The fourth-order valence-corrected chi connectivity index (χ4v) is 4.10. The van der Waals surface area contributed by atoms with Crippen LogP contribution in [0.4, 0.5) is 5.69 Å². The Kier molecular flexibility index (Phi) is 6.64. The molecule has 0 unspecified atom stereocenters. The van der Waals surface area contributed by atoms with Crippen molar-refractivity contribution < 1.29 is 19.0 Å². The third-order valence-electron chi connectivity index (χ3n) is 4.56. The average molecular weight is 462 g/mol. The molecule has 0 fully saturated rings. The van der Waals surface area contributed by atoms with E-state index in [9.17, 15) is 9.59 Å². The molecule has 0 bridgehead atoms. The minimum Gasteiger partial charge on any atom is -0.486 e. The quantitative estimate of drug-likeness (QED) is 0.426. The van der Waals surface area contributed by atoms with E-state index in [4.69, 9.17) is 25.8 Å². The molecular formula is C21H20ClN3O5S. The van der Waals surface area contributed by atoms with Crippen molar-refractivity contribution >= 4 is 45.9 Å². The van der Waals surface area contributed by atoms with Crippen molar-refractivity contribution in [3.05, 3.63) is 51.8 Å². The Bertz CT molecular complexity index is 1180. The van der Waals surface area contributed by atoms with Gasteiger partial charge in [-0.1, -0.05) is 23.4 Å². The summed E-state index contributed by atoms with van der Waals surface area (Å²) >= 11 is 7.23. The van der Waals surface area contributed by atoms with Crippen LogP contribution in [0.15, 0.2) is 46.3 Å². The summed E-state index contributed by atoms with van der Waals surface area (Å²) in [6.07, 6.45) is 0. The van der Waals surface area contributed by atoms with Gasteiger partial charge in [0.15, 0.2) is 16.7 Å². The highest BCUT2D eigenvalue weighted by Crippen LogP contribution is 2.32. The van der Waals surface area contributed by atoms with Gasteiger partial charge in [-0.05, 0) is 30.3 Å². The lowest BCUT2D eigenvalue weighted by Gasteiger charge is -2.19. The molecule has 0 saturated heterocycles. The summed E-state index contributed by atoms with van der Waals surface area (Å²) in [4.78, 5) is 30.0. The molecule has 4 rings (SSSR count). The molecule has 0 atom stereocenters. The summed E-state index contributed by atoms with van der Waals surface area (Å²) in [6, 6.07) is 10.2. The zero-order valence-corrected chi connectivity index (χ0v) is 18.3. The standard InChI is InChI=1S/C21H20ClN3O5S/c1-28-7-6-25-20(27)15-4-2-13(22)10-16(15)24-21(25)31-12-19(26)23-14-3-5-17-18(11-14)30-9-8-29-17/h2-5,10-11H,6-9,12H2,1H3,(H,23,26). The highest BCUT2D eigenvalue weighted by molar-refractivity contribution is 7.99. The van der Waals surface area contributed by atoms with Gasteiger partial charge < -0.3 is 19.5 Å². The van der Waals surface area contributed by atoms with Crippen molar-refractivity contribution in [1.82, 2.24) is 9.55 Å². The van der Waals surface area contributed by atoms with Crippen molar-refractivity contribution in [1.29, 1.82) is 0 Å². The number of benzene rings is 2. The van der Waals surface area contributed by atoms with Crippen LogP contribution in [0.5, 0.6) is 11.5 Å². The van der Waals surface area contributed by atoms with Gasteiger partial charge in [0, 0.05) is 23.9 Å². The summed E-state index contributed by atoms with van der Waals surface area (Å²) in [5.74, 6) is 1.08. The van der Waals surface area contributed by atoms with Gasteiger partial charge in [-0.2, -0.15) is 0 Å². The molecule has 3 aromatic rings. The van der Waals surface area contributed by atoms with E-state index in [1.54, 1.807) is 43.5 Å². The molecule has 1 aliphatic heterocycles. The number of anilines is 1. The van der Waals surface area contributed by atoms with E-state index in [0.717, 1.165) is 0 Å². The number of amides is 1. The smallest absolute Gasteiger partial charge is 0.262 e. The number of hydrogen-bond donors (Lipinski definition) is 1. The monoisotopic (exact) mass is 461 g/mol. The Hall–Kier alpha value is -2.75. The van der Waals surface area contributed by atoms with E-state index in [1.165, 1.54) is 16.3 Å². The second kappa shape index (κ2) is 9.59. The van der Waals surface area contributed by atoms with E-state index >= 15 is 0 Å². The molecule has 0 radical (unpaired) electrons. The van der Waals surface area contributed by atoms with Crippen molar-refractivity contribution in [2.24, 2.45) is 0 Å². The summed E-state index contributed by atoms with van der Waals surface area (Å²) in [5.41, 5.74) is 0.888. The molecule has 2 aromatic carbocycles. The number of carbonyl (C=O) groups excluding carboxylic acids is 1. The van der Waals surface area contributed by atoms with Crippen LogP contribution in [-0.2, 0) is 16.1 Å². The minimum absolute atomic E-state index is 0.0694. The molecule has 31 heavy (non-hydrogen) atoms. The number of rotatable bonds is 7. The maximum Gasteiger partial charge on any atom is 0.262 e. The number of aromatic nitrogens is 2. The van der Waals surface area contributed by atoms with E-state index < -0.39 is 0 Å². The summed E-state index contributed by atoms with van der Waals surface area (Å²) in [6.45, 7) is 1.64. The normalized spacial score (nSPS) is 12.7. The summed E-state index contributed by atoms with van der Waals surface area (Å²) in [7, 11) is 1.56. The average Bonchev–Trinajstić information content (AvgIpc) is 2.77. The second-order valence-electron chi connectivity index (χ2n) is 6.70. The van der Waals surface area contributed by atoms with Crippen LogP contribution in [0.3, 0.4) is 0 Å². The molecule has 8 nitrogen and oxygen atoms in total. The van der Waals surface area contributed by atoms with E-state index in [1.807, 2.05) is 0 Å². The van der Waals surface area contributed by atoms with Crippen LogP contribution in [-0.4, -0.2) is 48.1 Å². The van der Waals surface area contributed by atoms with Crippen LogP contribution in [0.25, 0.3) is 10.9 Å². The molecule has 0 saturated carbocycles. The molecular weight excluding hydrogens is 442 g/mol. The third-order valence-corrected chi connectivity index (χ3v) is 5.77. The Morgan fingerprint density at radius 1 is 1.23 bits per heavy atom. The first kappa shape index (κ1) is 21.5. The van der Waals surface area contributed by atoms with E-state index in [-0.39, 0.29) is 17.2 Å². The Morgan fingerprint density at radius 3 is 2.84 bits per heavy atom. The van der Waals surface area contributed by atoms with Crippen molar-refractivity contribution in [3.8, 4) is 11.5 Å². The summed E-state index contributed by atoms with van der Waals surface area (Å²) < 4.78 is 17.7. The maximum absolute atomic E-state index is 12.9. The fraction of sp³-hybridized carbons (Fsp3) is 0.286. The minimum atomic E-state index is -0.236.